The molecule has 0 heterocycles. The fourth-order valence-corrected chi connectivity index (χ4v) is 10.4. The summed E-state index contributed by atoms with van der Waals surface area (Å²) in [6, 6.07) is 0. The fourth-order valence-electron chi connectivity index (χ4n) is 9.59. The molecule has 0 aliphatic carbocycles. The molecular formula is C73H128NO8P. The van der Waals surface area contributed by atoms with Crippen LogP contribution in [-0.2, 0) is 32.7 Å². The lowest BCUT2D eigenvalue weighted by Gasteiger charge is -2.19. The number of carbonyl (C=O) groups is 2. The summed E-state index contributed by atoms with van der Waals surface area (Å²) in [6.07, 6.45) is 93.1. The van der Waals surface area contributed by atoms with E-state index in [9.17, 15) is 19.0 Å². The van der Waals surface area contributed by atoms with Gasteiger partial charge in [0.05, 0.1) is 13.2 Å². The van der Waals surface area contributed by atoms with Crippen molar-refractivity contribution >= 4 is 19.8 Å². The third kappa shape index (κ3) is 67.7. The van der Waals surface area contributed by atoms with Crippen LogP contribution in [0, 0.1) is 0 Å². The largest absolute Gasteiger partial charge is 0.472 e. The molecule has 0 rings (SSSR count). The van der Waals surface area contributed by atoms with Crippen molar-refractivity contribution in [1.29, 1.82) is 0 Å². The van der Waals surface area contributed by atoms with Gasteiger partial charge in [-0.25, -0.2) is 4.57 Å². The summed E-state index contributed by atoms with van der Waals surface area (Å²) >= 11 is 0. The molecule has 0 aromatic carbocycles. The second kappa shape index (κ2) is 67.8. The Bertz CT molecular complexity index is 1730. The number of esters is 2. The molecule has 0 aliphatic rings. The molecule has 0 aliphatic heterocycles. The van der Waals surface area contributed by atoms with Gasteiger partial charge in [-0.1, -0.05) is 303 Å². The first-order valence-corrected chi connectivity index (χ1v) is 35.9. The number of phosphoric ester groups is 1. The Morgan fingerprint density at radius 1 is 0.373 bits per heavy atom. The predicted octanol–water partition coefficient (Wildman–Crippen LogP) is 22.5. The normalized spacial score (nSPS) is 13.6. The summed E-state index contributed by atoms with van der Waals surface area (Å²) in [7, 11) is -4.40. The maximum Gasteiger partial charge on any atom is 0.472 e. The molecule has 83 heavy (non-hydrogen) atoms. The van der Waals surface area contributed by atoms with Gasteiger partial charge in [0.1, 0.15) is 6.61 Å². The van der Waals surface area contributed by atoms with E-state index >= 15 is 0 Å². The van der Waals surface area contributed by atoms with Crippen molar-refractivity contribution in [3.63, 3.8) is 0 Å². The average Bonchev–Trinajstić information content (AvgIpc) is 3.49. The van der Waals surface area contributed by atoms with E-state index in [1.54, 1.807) is 0 Å². The minimum atomic E-state index is -4.40. The maximum absolute atomic E-state index is 12.8. The quantitative estimate of drug-likeness (QED) is 0.0264. The van der Waals surface area contributed by atoms with Gasteiger partial charge in [-0.3, -0.25) is 18.6 Å². The second-order valence-electron chi connectivity index (χ2n) is 22.7. The number of hydrogen-bond donors (Lipinski definition) is 2. The summed E-state index contributed by atoms with van der Waals surface area (Å²) in [5, 5.41) is 0. The summed E-state index contributed by atoms with van der Waals surface area (Å²) in [6.45, 7) is 3.64. The fraction of sp³-hybridized carbons (Fsp3) is 0.726. The molecule has 2 unspecified atom stereocenters. The van der Waals surface area contributed by atoms with E-state index in [-0.39, 0.29) is 38.6 Å². The van der Waals surface area contributed by atoms with Crippen LogP contribution in [0.15, 0.2) is 109 Å². The van der Waals surface area contributed by atoms with Crippen LogP contribution in [0.1, 0.15) is 309 Å². The van der Waals surface area contributed by atoms with Gasteiger partial charge in [-0.15, -0.1) is 0 Å². The first-order chi connectivity index (χ1) is 40.8. The van der Waals surface area contributed by atoms with Gasteiger partial charge in [0.2, 0.25) is 0 Å². The smallest absolute Gasteiger partial charge is 0.462 e. The number of phosphoric acid groups is 1. The lowest BCUT2D eigenvalue weighted by Crippen LogP contribution is -2.29. The van der Waals surface area contributed by atoms with Crippen LogP contribution in [0.5, 0.6) is 0 Å². The third-order valence-corrected chi connectivity index (χ3v) is 15.6. The van der Waals surface area contributed by atoms with Crippen LogP contribution in [-0.4, -0.2) is 49.3 Å². The van der Waals surface area contributed by atoms with Crippen molar-refractivity contribution in [2.75, 3.05) is 26.4 Å². The molecule has 0 saturated carbocycles. The van der Waals surface area contributed by atoms with Gasteiger partial charge in [0.15, 0.2) is 6.10 Å². The molecule has 0 aromatic heterocycles. The highest BCUT2D eigenvalue weighted by atomic mass is 31.2. The Labute approximate surface area is 511 Å². The van der Waals surface area contributed by atoms with Crippen LogP contribution in [0.3, 0.4) is 0 Å². The Morgan fingerprint density at radius 2 is 0.663 bits per heavy atom. The first-order valence-electron chi connectivity index (χ1n) is 34.4. The van der Waals surface area contributed by atoms with Gasteiger partial charge in [0.25, 0.3) is 0 Å². The molecule has 0 aromatic rings. The standard InChI is InChI=1S/C73H128NO8P/c1-3-5-7-9-11-13-15-17-19-21-23-25-27-29-31-33-34-35-36-38-39-41-43-45-47-49-51-53-55-57-59-61-63-65-72(75)79-69-71(70-81-83(77,78)80-68-67-74)82-73(76)66-64-62-60-58-56-54-52-50-48-46-44-42-40-37-32-30-28-26-24-22-20-18-16-14-12-10-8-6-4-2/h6,8,12,14-15,17-18,20-21,23-24,26-27,29-30,32,40,42,71H,3-5,7,9-11,13,16,19,22,25,28,31,33-39,41,43-70,74H2,1-2H3,(H,77,78)/b8-6-,14-12-,17-15-,20-18-,23-21-,26-24-,29-27-,32-30-,42-40-. The monoisotopic (exact) mass is 1180 g/mol. The molecule has 0 bridgehead atoms. The van der Waals surface area contributed by atoms with Crippen molar-refractivity contribution in [1.82, 2.24) is 0 Å². The van der Waals surface area contributed by atoms with E-state index in [2.05, 4.69) is 123 Å². The molecule has 0 spiro atoms. The molecule has 9 nitrogen and oxygen atoms in total. The SMILES string of the molecule is CC/C=C\C/C=C\C/C=C\C/C=C\C/C=C\C/C=C\CCCCCCCCCCCCC(=O)OC(COC(=O)CCCCCCCCCCCCCCCCCCCC/C=C\C/C=C\C/C=C\CCCCCCC)COP(=O)(O)OCCN. The lowest BCUT2D eigenvalue weighted by molar-refractivity contribution is -0.161. The highest BCUT2D eigenvalue weighted by molar-refractivity contribution is 7.47. The molecule has 0 fully saturated rings. The van der Waals surface area contributed by atoms with E-state index in [0.29, 0.717) is 6.42 Å². The summed E-state index contributed by atoms with van der Waals surface area (Å²) < 4.78 is 33.2. The Kier molecular flexibility index (Phi) is 65.1. The average molecular weight is 1180 g/mol. The van der Waals surface area contributed by atoms with Crippen LogP contribution in [0.25, 0.3) is 0 Å². The highest BCUT2D eigenvalue weighted by Gasteiger charge is 2.26. The van der Waals surface area contributed by atoms with E-state index in [4.69, 9.17) is 24.3 Å². The predicted molar refractivity (Wildman–Crippen MR) is 358 cm³/mol. The minimum absolute atomic E-state index is 0.0490. The minimum Gasteiger partial charge on any atom is -0.462 e. The van der Waals surface area contributed by atoms with Crippen molar-refractivity contribution in [2.45, 2.75) is 315 Å². The van der Waals surface area contributed by atoms with E-state index in [0.717, 1.165) is 96.3 Å². The summed E-state index contributed by atoms with van der Waals surface area (Å²) in [5.41, 5.74) is 5.40. The van der Waals surface area contributed by atoms with Crippen LogP contribution in [0.4, 0.5) is 0 Å². The molecule has 478 valence electrons. The number of carbonyl (C=O) groups excluding carboxylic acids is 2. The third-order valence-electron chi connectivity index (χ3n) is 14.6. The molecule has 0 saturated heterocycles. The van der Waals surface area contributed by atoms with Gasteiger partial charge in [-0.2, -0.15) is 0 Å². The van der Waals surface area contributed by atoms with E-state index in [1.165, 1.54) is 180 Å². The molecular weight excluding hydrogens is 1050 g/mol. The van der Waals surface area contributed by atoms with Gasteiger partial charge in [-0.05, 0) is 103 Å². The van der Waals surface area contributed by atoms with Crippen molar-refractivity contribution < 1.29 is 37.6 Å². The van der Waals surface area contributed by atoms with Crippen molar-refractivity contribution in [3.05, 3.63) is 109 Å². The van der Waals surface area contributed by atoms with Crippen LogP contribution in [0.2, 0.25) is 0 Å². The number of ether oxygens (including phenoxy) is 2. The molecule has 3 N–H and O–H groups in total. The zero-order chi connectivity index (χ0) is 60.1. The Morgan fingerprint density at radius 3 is 0.988 bits per heavy atom. The second-order valence-corrected chi connectivity index (χ2v) is 24.1. The van der Waals surface area contributed by atoms with E-state index < -0.39 is 26.5 Å². The topological polar surface area (TPSA) is 134 Å². The molecule has 0 amide bonds. The number of rotatable bonds is 64. The zero-order valence-electron chi connectivity index (χ0n) is 53.7. The van der Waals surface area contributed by atoms with Crippen LogP contribution >= 0.6 is 7.82 Å². The Hall–Kier alpha value is -3.33. The van der Waals surface area contributed by atoms with Crippen LogP contribution < -0.4 is 5.73 Å². The van der Waals surface area contributed by atoms with Crippen molar-refractivity contribution in [3.8, 4) is 0 Å². The molecule has 0 radical (unpaired) electrons. The van der Waals surface area contributed by atoms with Gasteiger partial charge >= 0.3 is 19.8 Å². The van der Waals surface area contributed by atoms with Crippen molar-refractivity contribution in [2.24, 2.45) is 5.73 Å². The number of nitrogens with two attached hydrogens (primary N) is 1. The molecule has 10 heteroatoms. The van der Waals surface area contributed by atoms with E-state index in [1.807, 2.05) is 0 Å². The number of unbranched alkanes of at least 4 members (excludes halogenated alkanes) is 33. The number of allylic oxidation sites excluding steroid dienone is 18. The maximum atomic E-state index is 12.8. The summed E-state index contributed by atoms with van der Waals surface area (Å²) in [4.78, 5) is 35.4. The molecule has 2 atom stereocenters. The first kappa shape index (κ1) is 79.7. The number of hydrogen-bond acceptors (Lipinski definition) is 8. The lowest BCUT2D eigenvalue weighted by atomic mass is 10.0. The highest BCUT2D eigenvalue weighted by Crippen LogP contribution is 2.43. The summed E-state index contributed by atoms with van der Waals surface area (Å²) in [5.74, 6) is -0.827. The van der Waals surface area contributed by atoms with Gasteiger partial charge < -0.3 is 20.1 Å². The van der Waals surface area contributed by atoms with Gasteiger partial charge in [0, 0.05) is 19.4 Å². The Balaban J connectivity index is 3.90. The zero-order valence-corrected chi connectivity index (χ0v) is 54.5.